The number of aromatic amines is 1. The van der Waals surface area contributed by atoms with Crippen molar-refractivity contribution in [1.29, 1.82) is 0 Å². The fraction of sp³-hybridized carbons (Fsp3) is 0.0833. The molecule has 0 amide bonds. The molecule has 0 fully saturated rings. The number of hydrogen-bond donors (Lipinski definition) is 2. The molecule has 0 bridgehead atoms. The standard InChI is InChI=1S/C12H11N3O3S2/c1-7-5-10-9(6-8(7)13)14-12(16)15(10)20(17,18)11-3-2-4-19-11/h2-6H,13H2,1H3,(H,14,16). The number of H-pyrrole nitrogens is 1. The average molecular weight is 309 g/mol. The van der Waals surface area contributed by atoms with Crippen LogP contribution in [0.4, 0.5) is 5.69 Å². The number of aromatic nitrogens is 2. The summed E-state index contributed by atoms with van der Waals surface area (Å²) in [5.74, 6) is 0. The van der Waals surface area contributed by atoms with E-state index in [1.807, 2.05) is 0 Å². The summed E-state index contributed by atoms with van der Waals surface area (Å²) in [6, 6.07) is 6.25. The molecule has 3 rings (SSSR count). The van der Waals surface area contributed by atoms with Gasteiger partial charge >= 0.3 is 5.69 Å². The van der Waals surface area contributed by atoms with Gasteiger partial charge in [0.2, 0.25) is 0 Å². The van der Waals surface area contributed by atoms with Gasteiger partial charge in [-0.25, -0.2) is 4.79 Å². The number of thiophene rings is 1. The van der Waals surface area contributed by atoms with Crippen molar-refractivity contribution in [3.05, 3.63) is 45.7 Å². The predicted octanol–water partition coefficient (Wildman–Crippen LogP) is 1.52. The normalized spacial score (nSPS) is 12.1. The topological polar surface area (TPSA) is 97.9 Å². The number of benzene rings is 1. The first-order valence-electron chi connectivity index (χ1n) is 5.71. The molecular weight excluding hydrogens is 298 g/mol. The Bertz CT molecular complexity index is 950. The minimum absolute atomic E-state index is 0.120. The van der Waals surface area contributed by atoms with Crippen LogP contribution in [0.15, 0.2) is 38.6 Å². The third-order valence-corrected chi connectivity index (χ3v) is 6.09. The molecule has 0 aliphatic rings. The minimum Gasteiger partial charge on any atom is -0.398 e. The van der Waals surface area contributed by atoms with Crippen molar-refractivity contribution < 1.29 is 8.42 Å². The maximum absolute atomic E-state index is 12.5. The van der Waals surface area contributed by atoms with Gasteiger partial charge in [-0.15, -0.1) is 11.3 Å². The van der Waals surface area contributed by atoms with Gasteiger partial charge in [-0.2, -0.15) is 12.4 Å². The van der Waals surface area contributed by atoms with E-state index in [0.717, 1.165) is 15.3 Å². The Morgan fingerprint density at radius 1 is 1.35 bits per heavy atom. The monoisotopic (exact) mass is 309 g/mol. The molecule has 0 atom stereocenters. The first-order chi connectivity index (χ1) is 9.41. The van der Waals surface area contributed by atoms with Crippen LogP contribution in [0.2, 0.25) is 0 Å². The Balaban J connectivity index is 2.41. The maximum atomic E-state index is 12.5. The van der Waals surface area contributed by atoms with Crippen LogP contribution in [-0.4, -0.2) is 17.4 Å². The number of anilines is 1. The predicted molar refractivity (Wildman–Crippen MR) is 78.6 cm³/mol. The molecule has 3 aromatic rings. The van der Waals surface area contributed by atoms with Crippen molar-refractivity contribution in [1.82, 2.24) is 8.96 Å². The third kappa shape index (κ3) is 1.76. The van der Waals surface area contributed by atoms with Crippen molar-refractivity contribution in [3.8, 4) is 0 Å². The highest BCUT2D eigenvalue weighted by molar-refractivity contribution is 7.92. The molecule has 0 saturated heterocycles. The zero-order valence-corrected chi connectivity index (χ0v) is 12.1. The van der Waals surface area contributed by atoms with Gasteiger partial charge in [0.15, 0.2) is 0 Å². The number of nitrogens with one attached hydrogen (secondary N) is 1. The molecule has 0 unspecified atom stereocenters. The number of nitrogen functional groups attached to an aromatic ring is 1. The smallest absolute Gasteiger partial charge is 0.340 e. The fourth-order valence-electron chi connectivity index (χ4n) is 1.99. The molecule has 0 spiro atoms. The number of fused-ring (bicyclic) bond motifs is 1. The molecule has 0 aliphatic carbocycles. The lowest BCUT2D eigenvalue weighted by Crippen LogP contribution is -2.24. The molecular formula is C12H11N3O3S2. The second-order valence-corrected chi connectivity index (χ2v) is 7.32. The number of nitrogens with zero attached hydrogens (tertiary/aromatic N) is 1. The van der Waals surface area contributed by atoms with E-state index < -0.39 is 15.7 Å². The molecule has 8 heteroatoms. The van der Waals surface area contributed by atoms with Gasteiger partial charge in [0.05, 0.1) is 11.0 Å². The fourth-order valence-corrected chi connectivity index (χ4v) is 4.42. The second-order valence-electron chi connectivity index (χ2n) is 4.36. The van der Waals surface area contributed by atoms with Crippen LogP contribution in [0.3, 0.4) is 0 Å². The SMILES string of the molecule is Cc1cc2c(cc1N)[nH]c(=O)n2S(=O)(=O)c1cccs1. The first kappa shape index (κ1) is 12.9. The molecule has 1 aromatic carbocycles. The van der Waals surface area contributed by atoms with Gasteiger partial charge in [-0.3, -0.25) is 0 Å². The lowest BCUT2D eigenvalue weighted by Gasteiger charge is -2.05. The second kappa shape index (κ2) is 4.22. The van der Waals surface area contributed by atoms with E-state index in [-0.39, 0.29) is 4.21 Å². The molecule has 20 heavy (non-hydrogen) atoms. The van der Waals surface area contributed by atoms with Crippen LogP contribution in [0.25, 0.3) is 11.0 Å². The van der Waals surface area contributed by atoms with Crippen molar-refractivity contribution in [3.63, 3.8) is 0 Å². The lowest BCUT2D eigenvalue weighted by molar-refractivity contribution is 0.589. The van der Waals surface area contributed by atoms with E-state index in [1.165, 1.54) is 6.07 Å². The lowest BCUT2D eigenvalue weighted by atomic mass is 10.2. The van der Waals surface area contributed by atoms with Crippen molar-refractivity contribution in [2.75, 3.05) is 5.73 Å². The summed E-state index contributed by atoms with van der Waals surface area (Å²) in [6.45, 7) is 1.76. The molecule has 2 heterocycles. The molecule has 0 aliphatic heterocycles. The van der Waals surface area contributed by atoms with Crippen molar-refractivity contribution in [2.24, 2.45) is 0 Å². The molecule has 0 saturated carbocycles. The van der Waals surface area contributed by atoms with E-state index in [2.05, 4.69) is 4.98 Å². The molecule has 3 N–H and O–H groups in total. The van der Waals surface area contributed by atoms with Gasteiger partial charge in [-0.1, -0.05) is 6.07 Å². The highest BCUT2D eigenvalue weighted by atomic mass is 32.2. The molecule has 2 aromatic heterocycles. The molecule has 104 valence electrons. The Hall–Kier alpha value is -2.06. The Morgan fingerprint density at radius 2 is 2.10 bits per heavy atom. The van der Waals surface area contributed by atoms with Crippen molar-refractivity contribution in [2.45, 2.75) is 11.1 Å². The van der Waals surface area contributed by atoms with Crippen molar-refractivity contribution >= 4 is 38.1 Å². The third-order valence-electron chi connectivity index (χ3n) is 3.02. The summed E-state index contributed by atoms with van der Waals surface area (Å²) in [5.41, 5.74) is 6.99. The Kier molecular flexibility index (Phi) is 2.73. The summed E-state index contributed by atoms with van der Waals surface area (Å²) in [5, 5.41) is 1.65. The van der Waals surface area contributed by atoms with Crippen LogP contribution in [0, 0.1) is 6.92 Å². The largest absolute Gasteiger partial charge is 0.398 e. The van der Waals surface area contributed by atoms with Crippen LogP contribution in [-0.2, 0) is 10.0 Å². The van der Waals surface area contributed by atoms with E-state index in [1.54, 1.807) is 30.5 Å². The highest BCUT2D eigenvalue weighted by Crippen LogP contribution is 2.24. The van der Waals surface area contributed by atoms with E-state index in [4.69, 9.17) is 5.73 Å². The number of nitrogens with two attached hydrogens (primary N) is 1. The highest BCUT2D eigenvalue weighted by Gasteiger charge is 2.23. The summed E-state index contributed by atoms with van der Waals surface area (Å²) >= 11 is 1.07. The molecule has 0 radical (unpaired) electrons. The number of hydrogen-bond acceptors (Lipinski definition) is 5. The van der Waals surface area contributed by atoms with Gasteiger partial charge in [0, 0.05) is 5.69 Å². The van der Waals surface area contributed by atoms with E-state index in [0.29, 0.717) is 22.3 Å². The summed E-state index contributed by atoms with van der Waals surface area (Å²) < 4.78 is 25.9. The Morgan fingerprint density at radius 3 is 2.75 bits per heavy atom. The van der Waals surface area contributed by atoms with Crippen LogP contribution >= 0.6 is 11.3 Å². The summed E-state index contributed by atoms with van der Waals surface area (Å²) in [6.07, 6.45) is 0. The zero-order valence-electron chi connectivity index (χ0n) is 10.5. The average Bonchev–Trinajstić information content (AvgIpc) is 2.97. The maximum Gasteiger partial charge on any atom is 0.340 e. The van der Waals surface area contributed by atoms with Gasteiger partial charge in [0.25, 0.3) is 10.0 Å². The number of aryl methyl sites for hydroxylation is 1. The van der Waals surface area contributed by atoms with E-state index >= 15 is 0 Å². The minimum atomic E-state index is -3.89. The number of rotatable bonds is 2. The summed E-state index contributed by atoms with van der Waals surface area (Å²) in [7, 11) is -3.89. The van der Waals surface area contributed by atoms with Gasteiger partial charge in [-0.05, 0) is 36.1 Å². The quantitative estimate of drug-likeness (QED) is 0.701. The number of imidazole rings is 1. The van der Waals surface area contributed by atoms with E-state index in [9.17, 15) is 13.2 Å². The van der Waals surface area contributed by atoms with Gasteiger partial charge < -0.3 is 10.7 Å². The zero-order chi connectivity index (χ0) is 14.5. The molecule has 6 nitrogen and oxygen atoms in total. The van der Waals surface area contributed by atoms with Crippen LogP contribution in [0.1, 0.15) is 5.56 Å². The van der Waals surface area contributed by atoms with Gasteiger partial charge in [0.1, 0.15) is 4.21 Å². The first-order valence-corrected chi connectivity index (χ1v) is 8.03. The Labute approximate surface area is 118 Å². The van der Waals surface area contributed by atoms with Crippen LogP contribution < -0.4 is 11.4 Å². The van der Waals surface area contributed by atoms with Crippen LogP contribution in [0.5, 0.6) is 0 Å². The summed E-state index contributed by atoms with van der Waals surface area (Å²) in [4.78, 5) is 14.5.